The van der Waals surface area contributed by atoms with Gasteiger partial charge < -0.3 is 4.90 Å². The molecule has 100 valence electrons. The summed E-state index contributed by atoms with van der Waals surface area (Å²) in [5.74, 6) is 3.21. The van der Waals surface area contributed by atoms with Crippen molar-refractivity contribution in [1.82, 2.24) is 4.90 Å². The average Bonchev–Trinajstić information content (AvgIpc) is 2.72. The molecule has 0 radical (unpaired) electrons. The van der Waals surface area contributed by atoms with E-state index in [4.69, 9.17) is 0 Å². The summed E-state index contributed by atoms with van der Waals surface area (Å²) >= 11 is 1.90. The summed E-state index contributed by atoms with van der Waals surface area (Å²) in [6, 6.07) is 0. The summed E-state index contributed by atoms with van der Waals surface area (Å²) in [6.07, 6.45) is 3.10. The lowest BCUT2D eigenvalue weighted by Gasteiger charge is -2.27. The fourth-order valence-corrected chi connectivity index (χ4v) is 3.07. The molecule has 1 aliphatic rings. The monoisotopic (exact) mass is 257 g/mol. The summed E-state index contributed by atoms with van der Waals surface area (Å²) in [5, 5.41) is 0. The summed E-state index contributed by atoms with van der Waals surface area (Å²) in [6.45, 7) is 11.0. The average molecular weight is 257 g/mol. The van der Waals surface area contributed by atoms with Crippen molar-refractivity contribution in [2.24, 2.45) is 11.3 Å². The van der Waals surface area contributed by atoms with Crippen LogP contribution in [0.25, 0.3) is 0 Å². The minimum Gasteiger partial charge on any atom is -0.342 e. The number of hydrogen-bond donors (Lipinski definition) is 0. The predicted molar refractivity (Wildman–Crippen MR) is 76.4 cm³/mol. The molecule has 1 atom stereocenters. The van der Waals surface area contributed by atoms with Gasteiger partial charge in [-0.2, -0.15) is 11.8 Å². The number of hydrogen-bond acceptors (Lipinski definition) is 2. The third-order valence-electron chi connectivity index (χ3n) is 3.57. The molecule has 0 N–H and O–H groups in total. The van der Waals surface area contributed by atoms with Crippen LogP contribution in [0, 0.1) is 11.3 Å². The normalized spacial score (nSPS) is 20.9. The molecular formula is C14H27NOS. The molecule has 0 bridgehead atoms. The first-order valence-electron chi connectivity index (χ1n) is 6.80. The maximum atomic E-state index is 12.0. The molecule has 0 aromatic rings. The first kappa shape index (κ1) is 14.9. The van der Waals surface area contributed by atoms with Gasteiger partial charge in [0.05, 0.1) is 0 Å². The molecule has 1 rings (SSSR count). The molecule has 0 aromatic heterocycles. The van der Waals surface area contributed by atoms with E-state index < -0.39 is 0 Å². The van der Waals surface area contributed by atoms with Crippen molar-refractivity contribution < 1.29 is 4.79 Å². The van der Waals surface area contributed by atoms with E-state index in [1.807, 2.05) is 11.8 Å². The molecule has 1 fully saturated rings. The number of carbonyl (C=O) groups excluding carboxylic acids is 1. The smallest absolute Gasteiger partial charge is 0.223 e. The number of rotatable bonds is 5. The Hall–Kier alpha value is -0.180. The number of nitrogens with zero attached hydrogens (tertiary/aromatic N) is 1. The van der Waals surface area contributed by atoms with E-state index in [2.05, 4.69) is 32.6 Å². The third-order valence-corrected chi connectivity index (χ3v) is 4.76. The number of amides is 1. The first-order chi connectivity index (χ1) is 7.95. The summed E-state index contributed by atoms with van der Waals surface area (Å²) in [5.41, 5.74) is 0.339. The standard InChI is InChI=1S/C14H27NOS/c1-5-9-17-10-7-13(16)15-8-6-12(11-15)14(2,3)4/h12H,5-11H2,1-4H3. The molecule has 3 heteroatoms. The zero-order valence-corrected chi connectivity index (χ0v) is 12.6. The van der Waals surface area contributed by atoms with Gasteiger partial charge in [-0.15, -0.1) is 0 Å². The van der Waals surface area contributed by atoms with Crippen LogP contribution in [0.4, 0.5) is 0 Å². The largest absolute Gasteiger partial charge is 0.342 e. The Morgan fingerprint density at radius 3 is 2.59 bits per heavy atom. The van der Waals surface area contributed by atoms with Crippen molar-refractivity contribution in [3.05, 3.63) is 0 Å². The van der Waals surface area contributed by atoms with Crippen LogP contribution in [0.3, 0.4) is 0 Å². The number of likely N-dealkylation sites (tertiary alicyclic amines) is 1. The second-order valence-corrected chi connectivity index (χ2v) is 7.28. The quantitative estimate of drug-likeness (QED) is 0.703. The van der Waals surface area contributed by atoms with Crippen molar-refractivity contribution >= 4 is 17.7 Å². The maximum Gasteiger partial charge on any atom is 0.223 e. The zero-order valence-electron chi connectivity index (χ0n) is 11.8. The van der Waals surface area contributed by atoms with Gasteiger partial charge in [-0.1, -0.05) is 27.7 Å². The topological polar surface area (TPSA) is 20.3 Å². The van der Waals surface area contributed by atoms with Gasteiger partial charge in [0.25, 0.3) is 0 Å². The lowest BCUT2D eigenvalue weighted by molar-refractivity contribution is -0.129. The molecule has 17 heavy (non-hydrogen) atoms. The van der Waals surface area contributed by atoms with Crippen LogP contribution in [0.15, 0.2) is 0 Å². The van der Waals surface area contributed by atoms with Gasteiger partial charge >= 0.3 is 0 Å². The van der Waals surface area contributed by atoms with E-state index >= 15 is 0 Å². The molecule has 1 amide bonds. The summed E-state index contributed by atoms with van der Waals surface area (Å²) < 4.78 is 0. The van der Waals surface area contributed by atoms with Crippen LogP contribution in [0.5, 0.6) is 0 Å². The summed E-state index contributed by atoms with van der Waals surface area (Å²) in [7, 11) is 0. The van der Waals surface area contributed by atoms with E-state index in [9.17, 15) is 4.79 Å². The van der Waals surface area contributed by atoms with Gasteiger partial charge in [0.1, 0.15) is 0 Å². The van der Waals surface area contributed by atoms with Gasteiger partial charge in [-0.25, -0.2) is 0 Å². The van der Waals surface area contributed by atoms with E-state index in [0.717, 1.165) is 25.3 Å². The highest BCUT2D eigenvalue weighted by molar-refractivity contribution is 7.99. The van der Waals surface area contributed by atoms with E-state index in [1.54, 1.807) is 0 Å². The highest BCUT2D eigenvalue weighted by atomic mass is 32.2. The molecule has 0 aromatic carbocycles. The Morgan fingerprint density at radius 1 is 1.35 bits per heavy atom. The molecule has 1 unspecified atom stereocenters. The van der Waals surface area contributed by atoms with Gasteiger partial charge in [-0.3, -0.25) is 4.79 Å². The van der Waals surface area contributed by atoms with Gasteiger partial charge in [-0.05, 0) is 29.9 Å². The predicted octanol–water partition coefficient (Wildman–Crippen LogP) is 3.41. The Morgan fingerprint density at radius 2 is 2.06 bits per heavy atom. The minimum atomic E-state index is 0.339. The molecule has 0 saturated carbocycles. The number of thioether (sulfide) groups is 1. The molecule has 1 saturated heterocycles. The van der Waals surface area contributed by atoms with Crippen molar-refractivity contribution in [1.29, 1.82) is 0 Å². The zero-order chi connectivity index (χ0) is 12.9. The second kappa shape index (κ2) is 6.67. The number of carbonyl (C=O) groups is 1. The van der Waals surface area contributed by atoms with Crippen molar-refractivity contribution in [3.8, 4) is 0 Å². The highest BCUT2D eigenvalue weighted by Gasteiger charge is 2.33. The van der Waals surface area contributed by atoms with E-state index in [-0.39, 0.29) is 0 Å². The Balaban J connectivity index is 2.26. The maximum absolute atomic E-state index is 12.0. The van der Waals surface area contributed by atoms with E-state index in [0.29, 0.717) is 17.2 Å². The lowest BCUT2D eigenvalue weighted by Crippen LogP contribution is -2.31. The molecule has 0 aliphatic carbocycles. The first-order valence-corrected chi connectivity index (χ1v) is 7.96. The van der Waals surface area contributed by atoms with Crippen LogP contribution in [-0.2, 0) is 4.79 Å². The van der Waals surface area contributed by atoms with E-state index in [1.165, 1.54) is 18.6 Å². The van der Waals surface area contributed by atoms with Crippen LogP contribution < -0.4 is 0 Å². The van der Waals surface area contributed by atoms with Crippen LogP contribution >= 0.6 is 11.8 Å². The van der Waals surface area contributed by atoms with Gasteiger partial charge in [0.2, 0.25) is 5.91 Å². The Kier molecular flexibility index (Phi) is 5.84. The minimum absolute atomic E-state index is 0.339. The van der Waals surface area contributed by atoms with Gasteiger partial charge in [0.15, 0.2) is 0 Å². The van der Waals surface area contributed by atoms with Crippen LogP contribution in [-0.4, -0.2) is 35.4 Å². The SMILES string of the molecule is CCCSCCC(=O)N1CCC(C(C)(C)C)C1. The van der Waals surface area contributed by atoms with Crippen molar-refractivity contribution in [2.75, 3.05) is 24.6 Å². The molecule has 2 nitrogen and oxygen atoms in total. The fourth-order valence-electron chi connectivity index (χ4n) is 2.26. The summed E-state index contributed by atoms with van der Waals surface area (Å²) in [4.78, 5) is 14.1. The third kappa shape index (κ3) is 4.90. The van der Waals surface area contributed by atoms with Crippen LogP contribution in [0.1, 0.15) is 47.0 Å². The van der Waals surface area contributed by atoms with Crippen molar-refractivity contribution in [3.63, 3.8) is 0 Å². The Bertz CT molecular complexity index is 247. The van der Waals surface area contributed by atoms with Crippen molar-refractivity contribution in [2.45, 2.75) is 47.0 Å². The lowest BCUT2D eigenvalue weighted by atomic mass is 9.80. The molecule has 1 aliphatic heterocycles. The Labute approximate surface area is 111 Å². The fraction of sp³-hybridized carbons (Fsp3) is 0.929. The molecular weight excluding hydrogens is 230 g/mol. The highest BCUT2D eigenvalue weighted by Crippen LogP contribution is 2.33. The van der Waals surface area contributed by atoms with Crippen LogP contribution in [0.2, 0.25) is 0 Å². The molecule has 1 heterocycles. The second-order valence-electron chi connectivity index (χ2n) is 6.05. The van der Waals surface area contributed by atoms with Gasteiger partial charge in [0, 0.05) is 25.3 Å². The molecule has 0 spiro atoms.